The second-order valence-corrected chi connectivity index (χ2v) is 4.92. The van der Waals surface area contributed by atoms with Crippen LogP contribution >= 0.6 is 0 Å². The zero-order chi connectivity index (χ0) is 14.7. The Kier molecular flexibility index (Phi) is 4.19. The van der Waals surface area contributed by atoms with Crippen LogP contribution in [0.1, 0.15) is 18.4 Å². The number of hydrogen-bond acceptors (Lipinski definition) is 5. The van der Waals surface area contributed by atoms with E-state index >= 15 is 0 Å². The number of nitro benzene ring substituents is 1. The fourth-order valence-corrected chi connectivity index (χ4v) is 2.02. The molecule has 1 aliphatic carbocycles. The molecule has 0 heterocycles. The van der Waals surface area contributed by atoms with Crippen LogP contribution in [-0.2, 0) is 11.3 Å². The van der Waals surface area contributed by atoms with Crippen molar-refractivity contribution in [2.24, 2.45) is 5.92 Å². The molecule has 0 atom stereocenters. The average Bonchev–Trinajstić information content (AvgIpc) is 3.23. The summed E-state index contributed by atoms with van der Waals surface area (Å²) in [7, 11) is 0. The zero-order valence-corrected chi connectivity index (χ0v) is 10.9. The number of phenolic OH excluding ortho intramolecular Hbond substituents is 1. The van der Waals surface area contributed by atoms with E-state index in [-0.39, 0.29) is 12.2 Å². The fourth-order valence-electron chi connectivity index (χ4n) is 2.02. The SMILES string of the molecule is O=C(CO)N(Cc1cccc([N+](=O)[O-])c1O)CC1CC1. The van der Waals surface area contributed by atoms with Crippen molar-refractivity contribution in [3.8, 4) is 5.75 Å². The van der Waals surface area contributed by atoms with Crippen LogP contribution in [0.3, 0.4) is 0 Å². The Morgan fingerprint density at radius 2 is 2.15 bits per heavy atom. The number of rotatable bonds is 6. The van der Waals surface area contributed by atoms with Crippen LogP contribution in [0.25, 0.3) is 0 Å². The van der Waals surface area contributed by atoms with Crippen LogP contribution in [0, 0.1) is 16.0 Å². The summed E-state index contributed by atoms with van der Waals surface area (Å²) in [6.45, 7) is -0.0483. The number of phenols is 1. The number of aliphatic hydroxyl groups excluding tert-OH is 1. The number of benzene rings is 1. The van der Waals surface area contributed by atoms with Gasteiger partial charge >= 0.3 is 5.69 Å². The maximum atomic E-state index is 11.7. The molecule has 0 saturated heterocycles. The third-order valence-electron chi connectivity index (χ3n) is 3.32. The van der Waals surface area contributed by atoms with Gasteiger partial charge in [-0.05, 0) is 18.8 Å². The molecule has 1 saturated carbocycles. The van der Waals surface area contributed by atoms with E-state index in [0.29, 0.717) is 18.0 Å². The highest BCUT2D eigenvalue weighted by Crippen LogP contribution is 2.33. The van der Waals surface area contributed by atoms with Crippen molar-refractivity contribution in [3.63, 3.8) is 0 Å². The van der Waals surface area contributed by atoms with Crippen LogP contribution in [-0.4, -0.2) is 39.1 Å². The van der Waals surface area contributed by atoms with Crippen molar-refractivity contribution in [1.82, 2.24) is 4.90 Å². The number of nitrogens with zero attached hydrogens (tertiary/aromatic N) is 2. The minimum absolute atomic E-state index is 0.0589. The molecule has 108 valence electrons. The lowest BCUT2D eigenvalue weighted by atomic mass is 10.1. The second-order valence-electron chi connectivity index (χ2n) is 4.92. The quantitative estimate of drug-likeness (QED) is 0.598. The van der Waals surface area contributed by atoms with Crippen LogP contribution < -0.4 is 0 Å². The van der Waals surface area contributed by atoms with Gasteiger partial charge in [0.25, 0.3) is 0 Å². The van der Waals surface area contributed by atoms with Crippen molar-refractivity contribution < 1.29 is 19.9 Å². The highest BCUT2D eigenvalue weighted by molar-refractivity contribution is 5.77. The van der Waals surface area contributed by atoms with Crippen molar-refractivity contribution in [2.75, 3.05) is 13.2 Å². The number of amides is 1. The van der Waals surface area contributed by atoms with E-state index in [4.69, 9.17) is 5.11 Å². The summed E-state index contributed by atoms with van der Waals surface area (Å²) in [5, 5.41) is 29.6. The van der Waals surface area contributed by atoms with Crippen LogP contribution in [0.5, 0.6) is 5.75 Å². The molecule has 1 aromatic carbocycles. The van der Waals surface area contributed by atoms with E-state index in [1.807, 2.05) is 0 Å². The van der Waals surface area contributed by atoms with Gasteiger partial charge in [-0.25, -0.2) is 0 Å². The fraction of sp³-hybridized carbons (Fsp3) is 0.462. The molecule has 0 unspecified atom stereocenters. The number of nitro groups is 1. The smallest absolute Gasteiger partial charge is 0.311 e. The van der Waals surface area contributed by atoms with E-state index in [0.717, 1.165) is 12.8 Å². The van der Waals surface area contributed by atoms with E-state index in [2.05, 4.69) is 0 Å². The van der Waals surface area contributed by atoms with Crippen LogP contribution in [0.2, 0.25) is 0 Å². The van der Waals surface area contributed by atoms with E-state index < -0.39 is 23.2 Å². The number of hydrogen-bond donors (Lipinski definition) is 2. The van der Waals surface area contributed by atoms with E-state index in [1.165, 1.54) is 23.1 Å². The van der Waals surface area contributed by atoms with Gasteiger partial charge in [-0.1, -0.05) is 12.1 Å². The molecule has 0 aromatic heterocycles. The van der Waals surface area contributed by atoms with E-state index in [1.54, 1.807) is 0 Å². The number of carbonyl (C=O) groups is 1. The summed E-state index contributed by atoms with van der Waals surface area (Å²) in [6, 6.07) is 4.21. The molecule has 1 aromatic rings. The number of aromatic hydroxyl groups is 1. The van der Waals surface area contributed by atoms with Crippen molar-refractivity contribution in [1.29, 1.82) is 0 Å². The summed E-state index contributed by atoms with van der Waals surface area (Å²) in [5.41, 5.74) is -0.0769. The number of aliphatic hydroxyl groups is 1. The van der Waals surface area contributed by atoms with Crippen molar-refractivity contribution >= 4 is 11.6 Å². The summed E-state index contributed by atoms with van der Waals surface area (Å²) >= 11 is 0. The van der Waals surface area contributed by atoms with Gasteiger partial charge in [-0.2, -0.15) is 0 Å². The molecule has 1 fully saturated rings. The maximum absolute atomic E-state index is 11.7. The zero-order valence-electron chi connectivity index (χ0n) is 10.9. The molecule has 20 heavy (non-hydrogen) atoms. The molecule has 0 bridgehead atoms. The topological polar surface area (TPSA) is 104 Å². The van der Waals surface area contributed by atoms with Gasteiger partial charge in [0, 0.05) is 24.7 Å². The maximum Gasteiger partial charge on any atom is 0.311 e. The third-order valence-corrected chi connectivity index (χ3v) is 3.32. The summed E-state index contributed by atoms with van der Waals surface area (Å²) in [6.07, 6.45) is 2.08. The Morgan fingerprint density at radius 1 is 1.45 bits per heavy atom. The Bertz CT molecular complexity index is 527. The Morgan fingerprint density at radius 3 is 2.70 bits per heavy atom. The van der Waals surface area contributed by atoms with Gasteiger partial charge in [-0.15, -0.1) is 0 Å². The molecular formula is C13H16N2O5. The third kappa shape index (κ3) is 3.24. The molecule has 0 spiro atoms. The largest absolute Gasteiger partial charge is 0.502 e. The van der Waals surface area contributed by atoms with E-state index in [9.17, 15) is 20.0 Å². The highest BCUT2D eigenvalue weighted by atomic mass is 16.6. The van der Waals surface area contributed by atoms with Gasteiger partial charge in [-0.3, -0.25) is 14.9 Å². The minimum atomic E-state index is -0.669. The number of para-hydroxylation sites is 1. The second kappa shape index (κ2) is 5.87. The Hall–Kier alpha value is -2.15. The van der Waals surface area contributed by atoms with Gasteiger partial charge < -0.3 is 15.1 Å². The molecule has 2 rings (SSSR count). The molecule has 1 amide bonds. The Balaban J connectivity index is 2.19. The first-order chi connectivity index (χ1) is 9.52. The molecule has 0 radical (unpaired) electrons. The average molecular weight is 280 g/mol. The predicted molar refractivity (Wildman–Crippen MR) is 70.0 cm³/mol. The standard InChI is InChI=1S/C13H16N2O5/c16-8-12(17)14(6-9-4-5-9)7-10-2-1-3-11(13(10)18)15(19)20/h1-3,9,16,18H,4-8H2. The van der Waals surface area contributed by atoms with Gasteiger partial charge in [0.1, 0.15) is 6.61 Å². The highest BCUT2D eigenvalue weighted by Gasteiger charge is 2.27. The summed E-state index contributed by atoms with van der Waals surface area (Å²) in [4.78, 5) is 23.2. The molecule has 2 N–H and O–H groups in total. The predicted octanol–water partition coefficient (Wildman–Crippen LogP) is 1.03. The summed E-state index contributed by atoms with van der Waals surface area (Å²) in [5.74, 6) is -0.446. The molecule has 7 heteroatoms. The van der Waals surface area contributed by atoms with Crippen LogP contribution in [0.4, 0.5) is 5.69 Å². The van der Waals surface area contributed by atoms with Crippen LogP contribution in [0.15, 0.2) is 18.2 Å². The molecule has 7 nitrogen and oxygen atoms in total. The Labute approximate surface area is 115 Å². The van der Waals surface area contributed by atoms with Crippen molar-refractivity contribution in [3.05, 3.63) is 33.9 Å². The first kappa shape index (κ1) is 14.3. The summed E-state index contributed by atoms with van der Waals surface area (Å²) < 4.78 is 0. The first-order valence-electron chi connectivity index (χ1n) is 6.36. The van der Waals surface area contributed by atoms with Gasteiger partial charge in [0.15, 0.2) is 5.75 Å². The van der Waals surface area contributed by atoms with Gasteiger partial charge in [0.2, 0.25) is 5.91 Å². The lowest BCUT2D eigenvalue weighted by molar-refractivity contribution is -0.385. The van der Waals surface area contributed by atoms with Crippen molar-refractivity contribution in [2.45, 2.75) is 19.4 Å². The lowest BCUT2D eigenvalue weighted by Gasteiger charge is -2.22. The minimum Gasteiger partial charge on any atom is -0.502 e. The first-order valence-corrected chi connectivity index (χ1v) is 6.36. The van der Waals surface area contributed by atoms with Gasteiger partial charge in [0.05, 0.1) is 4.92 Å². The molecular weight excluding hydrogens is 264 g/mol. The lowest BCUT2D eigenvalue weighted by Crippen LogP contribution is -2.34. The monoisotopic (exact) mass is 280 g/mol. The molecule has 1 aliphatic rings. The number of carbonyl (C=O) groups excluding carboxylic acids is 1. The normalized spacial score (nSPS) is 14.1. The molecule has 0 aliphatic heterocycles.